The lowest BCUT2D eigenvalue weighted by molar-refractivity contribution is -0.101. The van der Waals surface area contributed by atoms with Crippen molar-refractivity contribution < 1.29 is 28.6 Å². The van der Waals surface area contributed by atoms with Gasteiger partial charge >= 0.3 is 18.3 Å². The number of ether oxygens (including phenoxy) is 3. The normalized spacial score (nSPS) is 26.8. The number of benzene rings is 2. The highest BCUT2D eigenvalue weighted by Crippen LogP contribution is 2.44. The van der Waals surface area contributed by atoms with Gasteiger partial charge in [0.15, 0.2) is 0 Å². The van der Waals surface area contributed by atoms with Crippen molar-refractivity contribution in [1.82, 2.24) is 20.0 Å². The maximum absolute atomic E-state index is 12.7. The number of rotatable bonds is 4. The molecule has 0 bridgehead atoms. The molecular weight excluding hydrogens is 596 g/mol. The van der Waals surface area contributed by atoms with Crippen molar-refractivity contribution in [1.29, 1.82) is 0 Å². The minimum absolute atomic E-state index is 0.00792. The van der Waals surface area contributed by atoms with E-state index in [-0.39, 0.29) is 36.0 Å². The molecule has 10 nitrogen and oxygen atoms in total. The number of nitrogens with one attached hydrogen (secondary N) is 1. The third-order valence-corrected chi connectivity index (χ3v) is 10.2. The Hall–Kier alpha value is -3.79. The Morgan fingerprint density at radius 1 is 0.766 bits per heavy atom. The maximum Gasteiger partial charge on any atom is 0.410 e. The summed E-state index contributed by atoms with van der Waals surface area (Å²) in [4.78, 5) is 43.0. The highest BCUT2D eigenvalue weighted by atomic mass is 16.6. The highest BCUT2D eigenvalue weighted by Gasteiger charge is 2.57. The Bertz CT molecular complexity index is 1360. The predicted molar refractivity (Wildman–Crippen MR) is 180 cm³/mol. The zero-order valence-corrected chi connectivity index (χ0v) is 28.7. The first-order chi connectivity index (χ1) is 22.4. The van der Waals surface area contributed by atoms with Crippen LogP contribution < -0.4 is 5.32 Å². The van der Waals surface area contributed by atoms with E-state index in [2.05, 4.69) is 19.2 Å². The van der Waals surface area contributed by atoms with Crippen molar-refractivity contribution in [2.75, 3.05) is 39.3 Å². The standard InChI is InChI=1S/C21H30N2O4.C16H22N2O2/c1-16-13-23(19(25)26-14-17-9-6-5-7-10-17)21(16)11-8-12-22(15-21)18(24)27-20(2,3)4;1-13-10-18(16(13)8-5-9-17-12-16)15(19)20-11-14-6-3-2-4-7-14/h5-7,9-10,16H,8,11-15H2,1-4H3;2-4,6-7,13,17H,5,8-12H2,1H3. The van der Waals surface area contributed by atoms with E-state index in [0.29, 0.717) is 38.1 Å². The summed E-state index contributed by atoms with van der Waals surface area (Å²) in [5.41, 5.74) is 1.12. The number of likely N-dealkylation sites (tertiary alicyclic amines) is 3. The largest absolute Gasteiger partial charge is 0.445 e. The van der Waals surface area contributed by atoms with Crippen LogP contribution in [-0.2, 0) is 27.4 Å². The summed E-state index contributed by atoms with van der Waals surface area (Å²) in [7, 11) is 0. The van der Waals surface area contributed by atoms with Crippen LogP contribution >= 0.6 is 0 Å². The molecule has 4 atom stereocenters. The molecule has 6 rings (SSSR count). The Morgan fingerprint density at radius 3 is 1.74 bits per heavy atom. The number of carbonyl (C=O) groups excluding carboxylic acids is 3. The molecule has 4 saturated heterocycles. The van der Waals surface area contributed by atoms with Gasteiger partial charge in [0.05, 0.1) is 11.1 Å². The van der Waals surface area contributed by atoms with Gasteiger partial charge in [-0.15, -0.1) is 0 Å². The van der Waals surface area contributed by atoms with Crippen molar-refractivity contribution in [2.24, 2.45) is 11.8 Å². The summed E-state index contributed by atoms with van der Waals surface area (Å²) in [5.74, 6) is 0.881. The molecule has 2 spiro atoms. The highest BCUT2D eigenvalue weighted by molar-refractivity contribution is 5.72. The van der Waals surface area contributed by atoms with Crippen LogP contribution in [0, 0.1) is 11.8 Å². The summed E-state index contributed by atoms with van der Waals surface area (Å²) in [5, 5.41) is 3.42. The molecule has 0 radical (unpaired) electrons. The van der Waals surface area contributed by atoms with E-state index in [1.165, 1.54) is 0 Å². The number of hydrogen-bond donors (Lipinski definition) is 1. The maximum atomic E-state index is 12.7. The molecule has 4 heterocycles. The van der Waals surface area contributed by atoms with Crippen molar-refractivity contribution in [3.8, 4) is 0 Å². The van der Waals surface area contributed by atoms with E-state index < -0.39 is 5.60 Å². The van der Waals surface area contributed by atoms with Gasteiger partial charge in [0.2, 0.25) is 0 Å². The molecule has 4 aliphatic heterocycles. The molecule has 0 aliphatic carbocycles. The fraction of sp³-hybridized carbons (Fsp3) is 0.595. The monoisotopic (exact) mass is 648 g/mol. The zero-order valence-electron chi connectivity index (χ0n) is 28.7. The van der Waals surface area contributed by atoms with E-state index in [1.807, 2.05) is 86.3 Å². The Kier molecular flexibility index (Phi) is 10.7. The van der Waals surface area contributed by atoms with Crippen molar-refractivity contribution in [3.05, 3.63) is 71.8 Å². The van der Waals surface area contributed by atoms with Crippen LogP contribution in [0.2, 0.25) is 0 Å². The fourth-order valence-electron chi connectivity index (χ4n) is 7.40. The number of amides is 3. The molecule has 2 aromatic rings. The molecule has 4 fully saturated rings. The molecule has 0 aromatic heterocycles. The van der Waals surface area contributed by atoms with Crippen LogP contribution in [0.1, 0.15) is 71.4 Å². The van der Waals surface area contributed by atoms with Gasteiger partial charge in [-0.25, -0.2) is 14.4 Å². The zero-order chi connectivity index (χ0) is 33.7. The molecule has 1 N–H and O–H groups in total. The van der Waals surface area contributed by atoms with Gasteiger partial charge < -0.3 is 34.2 Å². The van der Waals surface area contributed by atoms with E-state index in [0.717, 1.165) is 56.4 Å². The minimum atomic E-state index is -0.527. The topological polar surface area (TPSA) is 101 Å². The summed E-state index contributed by atoms with van der Waals surface area (Å²) < 4.78 is 16.5. The molecule has 2 aromatic carbocycles. The second-order valence-corrected chi connectivity index (χ2v) is 14.6. The van der Waals surface area contributed by atoms with Gasteiger partial charge in [-0.1, -0.05) is 74.5 Å². The molecule has 0 saturated carbocycles. The lowest BCUT2D eigenvalue weighted by Gasteiger charge is -2.60. The van der Waals surface area contributed by atoms with Gasteiger partial charge in [-0.3, -0.25) is 0 Å². The van der Waals surface area contributed by atoms with Gasteiger partial charge in [-0.05, 0) is 76.0 Å². The predicted octanol–water partition coefficient (Wildman–Crippen LogP) is 6.44. The number of carbonyl (C=O) groups is 3. The number of piperidine rings is 2. The molecule has 4 aliphatic rings. The Balaban J connectivity index is 0.000000193. The Labute approximate surface area is 279 Å². The number of hydrogen-bond acceptors (Lipinski definition) is 7. The quantitative estimate of drug-likeness (QED) is 0.381. The first kappa shape index (κ1) is 34.5. The molecule has 3 amide bonds. The van der Waals surface area contributed by atoms with Crippen molar-refractivity contribution in [3.63, 3.8) is 0 Å². The molecule has 10 heteroatoms. The first-order valence-corrected chi connectivity index (χ1v) is 17.1. The average Bonchev–Trinajstić information content (AvgIpc) is 3.08. The van der Waals surface area contributed by atoms with Gasteiger partial charge in [0, 0.05) is 32.7 Å². The van der Waals surface area contributed by atoms with E-state index in [9.17, 15) is 14.4 Å². The second-order valence-electron chi connectivity index (χ2n) is 14.6. The minimum Gasteiger partial charge on any atom is -0.445 e. The van der Waals surface area contributed by atoms with Crippen molar-refractivity contribution >= 4 is 18.3 Å². The van der Waals surface area contributed by atoms with Crippen LogP contribution in [0.25, 0.3) is 0 Å². The molecule has 4 unspecified atom stereocenters. The summed E-state index contributed by atoms with van der Waals surface area (Å²) in [6, 6.07) is 19.5. The average molecular weight is 649 g/mol. The van der Waals surface area contributed by atoms with Crippen LogP contribution in [-0.4, -0.2) is 88.9 Å². The van der Waals surface area contributed by atoms with E-state index in [1.54, 1.807) is 9.80 Å². The molecule has 256 valence electrons. The van der Waals surface area contributed by atoms with Crippen LogP contribution in [0.15, 0.2) is 60.7 Å². The Morgan fingerprint density at radius 2 is 1.28 bits per heavy atom. The van der Waals surface area contributed by atoms with Crippen LogP contribution in [0.5, 0.6) is 0 Å². The lowest BCUT2D eigenvalue weighted by atomic mass is 9.70. The summed E-state index contributed by atoms with van der Waals surface area (Å²) in [6.45, 7) is 15.2. The molecular formula is C37H52N4O6. The SMILES string of the molecule is CC1CN(C(=O)OCc2ccccc2)C12CCCN(C(=O)OC(C)(C)C)C2.CC1CN(C(=O)OCc2ccccc2)C12CCCNC2. The summed E-state index contributed by atoms with van der Waals surface area (Å²) in [6.07, 6.45) is 3.17. The van der Waals surface area contributed by atoms with Crippen molar-refractivity contribution in [2.45, 2.75) is 90.2 Å². The van der Waals surface area contributed by atoms with E-state index >= 15 is 0 Å². The van der Waals surface area contributed by atoms with Gasteiger partial charge in [-0.2, -0.15) is 0 Å². The van der Waals surface area contributed by atoms with Crippen LogP contribution in [0.3, 0.4) is 0 Å². The second kappa shape index (κ2) is 14.5. The van der Waals surface area contributed by atoms with Gasteiger partial charge in [0.1, 0.15) is 18.8 Å². The number of nitrogens with zero attached hydrogens (tertiary/aromatic N) is 3. The van der Waals surface area contributed by atoms with Crippen LogP contribution in [0.4, 0.5) is 14.4 Å². The lowest BCUT2D eigenvalue weighted by Crippen LogP contribution is -2.73. The smallest absolute Gasteiger partial charge is 0.410 e. The van der Waals surface area contributed by atoms with E-state index in [4.69, 9.17) is 14.2 Å². The summed E-state index contributed by atoms with van der Waals surface area (Å²) >= 11 is 0. The third kappa shape index (κ3) is 7.86. The first-order valence-electron chi connectivity index (χ1n) is 17.1. The fourth-order valence-corrected chi connectivity index (χ4v) is 7.40. The molecule has 47 heavy (non-hydrogen) atoms. The third-order valence-electron chi connectivity index (χ3n) is 10.2. The van der Waals surface area contributed by atoms with Gasteiger partial charge in [0.25, 0.3) is 0 Å².